The number of aryl methyl sites for hydroxylation is 3. The smallest absolute Gasteiger partial charge is 0.494 e. The van der Waals surface area contributed by atoms with Crippen molar-refractivity contribution in [2.75, 3.05) is 0 Å². The average molecular weight is 426 g/mol. The molecule has 160 valence electrons. The number of ether oxygens (including phenoxy) is 1. The summed E-state index contributed by atoms with van der Waals surface area (Å²) in [4.78, 5) is 4.35. The van der Waals surface area contributed by atoms with Crippen LogP contribution < -0.4 is 4.74 Å². The van der Waals surface area contributed by atoms with E-state index in [1.165, 1.54) is 12.1 Å². The molecular formula is C24H21F3N2O2. The van der Waals surface area contributed by atoms with Gasteiger partial charge in [-0.3, -0.25) is 4.98 Å². The number of nitrogens with zero attached hydrogens (tertiary/aromatic N) is 2. The first-order valence-electron chi connectivity index (χ1n) is 9.84. The first-order valence-corrected chi connectivity index (χ1v) is 9.84. The van der Waals surface area contributed by atoms with Crippen molar-refractivity contribution >= 4 is 10.8 Å². The van der Waals surface area contributed by atoms with Gasteiger partial charge in [0, 0.05) is 28.9 Å². The molecule has 4 nitrogen and oxygen atoms in total. The van der Waals surface area contributed by atoms with E-state index in [-0.39, 0.29) is 11.6 Å². The SMILES string of the molecule is Cc1cc(CCc2ccccn2)cc2cn(Cc3ccc(OC(F)(F)F)cc3)c(O)c12. The molecule has 0 aliphatic carbocycles. The molecule has 0 aliphatic rings. The van der Waals surface area contributed by atoms with E-state index in [0.717, 1.165) is 46.0 Å². The summed E-state index contributed by atoms with van der Waals surface area (Å²) < 4.78 is 42.6. The van der Waals surface area contributed by atoms with Gasteiger partial charge in [0.15, 0.2) is 5.88 Å². The van der Waals surface area contributed by atoms with Crippen LogP contribution in [0.25, 0.3) is 10.8 Å². The van der Waals surface area contributed by atoms with Crippen LogP contribution in [0.1, 0.15) is 22.4 Å². The summed E-state index contributed by atoms with van der Waals surface area (Å²) in [6, 6.07) is 15.6. The number of benzene rings is 2. The van der Waals surface area contributed by atoms with E-state index >= 15 is 0 Å². The van der Waals surface area contributed by atoms with E-state index in [1.807, 2.05) is 31.3 Å². The van der Waals surface area contributed by atoms with E-state index in [2.05, 4.69) is 21.9 Å². The van der Waals surface area contributed by atoms with Crippen LogP contribution in [-0.4, -0.2) is 21.0 Å². The molecule has 0 amide bonds. The monoisotopic (exact) mass is 426 g/mol. The molecule has 7 heteroatoms. The molecule has 0 saturated heterocycles. The Morgan fingerprint density at radius 1 is 1.00 bits per heavy atom. The van der Waals surface area contributed by atoms with Crippen molar-refractivity contribution in [1.82, 2.24) is 9.55 Å². The van der Waals surface area contributed by atoms with Crippen LogP contribution in [0, 0.1) is 6.92 Å². The second kappa shape index (κ2) is 8.34. The highest BCUT2D eigenvalue weighted by atomic mass is 19.4. The maximum Gasteiger partial charge on any atom is 0.573 e. The Bertz CT molecular complexity index is 1180. The number of alkyl halides is 3. The standard InChI is InChI=1S/C24H21F3N2O2/c1-16-12-18(5-8-20-4-2-3-11-28-20)13-19-15-29(23(30)22(16)19)14-17-6-9-21(10-7-17)31-24(25,26)27/h2-4,6-7,9-13,15,30H,5,8,14H2,1H3. The van der Waals surface area contributed by atoms with Gasteiger partial charge in [0.2, 0.25) is 0 Å². The molecular weight excluding hydrogens is 405 g/mol. The summed E-state index contributed by atoms with van der Waals surface area (Å²) in [6.07, 6.45) is 0.584. The minimum absolute atomic E-state index is 0.138. The highest BCUT2D eigenvalue weighted by Gasteiger charge is 2.30. The third-order valence-electron chi connectivity index (χ3n) is 5.12. The van der Waals surface area contributed by atoms with Crippen molar-refractivity contribution in [3.05, 3.63) is 89.4 Å². The number of rotatable bonds is 6. The predicted octanol–water partition coefficient (Wildman–Crippen LogP) is 5.78. The van der Waals surface area contributed by atoms with Crippen LogP contribution in [0.15, 0.2) is 67.0 Å². The molecule has 0 radical (unpaired) electrons. The van der Waals surface area contributed by atoms with Crippen LogP contribution in [0.3, 0.4) is 0 Å². The zero-order valence-electron chi connectivity index (χ0n) is 16.9. The number of halogens is 3. The van der Waals surface area contributed by atoms with E-state index < -0.39 is 6.36 Å². The van der Waals surface area contributed by atoms with Crippen LogP contribution in [0.5, 0.6) is 11.6 Å². The fourth-order valence-electron chi connectivity index (χ4n) is 3.75. The molecule has 0 bridgehead atoms. The van der Waals surface area contributed by atoms with Gasteiger partial charge in [-0.15, -0.1) is 13.2 Å². The van der Waals surface area contributed by atoms with Crippen LogP contribution in [0.2, 0.25) is 0 Å². The zero-order valence-corrected chi connectivity index (χ0v) is 16.9. The second-order valence-electron chi connectivity index (χ2n) is 7.47. The minimum Gasteiger partial charge on any atom is -0.494 e. The Morgan fingerprint density at radius 3 is 2.45 bits per heavy atom. The highest BCUT2D eigenvalue weighted by Crippen LogP contribution is 2.32. The van der Waals surface area contributed by atoms with Gasteiger partial charge in [0.25, 0.3) is 0 Å². The molecule has 31 heavy (non-hydrogen) atoms. The lowest BCUT2D eigenvalue weighted by atomic mass is 10.0. The highest BCUT2D eigenvalue weighted by molar-refractivity contribution is 5.91. The maximum absolute atomic E-state index is 12.3. The first-order chi connectivity index (χ1) is 14.8. The van der Waals surface area contributed by atoms with Gasteiger partial charge in [0.05, 0.1) is 6.54 Å². The number of hydrogen-bond donors (Lipinski definition) is 1. The third kappa shape index (κ3) is 4.99. The topological polar surface area (TPSA) is 47.3 Å². The van der Waals surface area contributed by atoms with E-state index in [0.29, 0.717) is 6.54 Å². The maximum atomic E-state index is 12.3. The third-order valence-corrected chi connectivity index (χ3v) is 5.12. The van der Waals surface area contributed by atoms with Gasteiger partial charge in [-0.2, -0.15) is 0 Å². The zero-order chi connectivity index (χ0) is 22.0. The molecule has 0 atom stereocenters. The molecule has 2 aromatic heterocycles. The van der Waals surface area contributed by atoms with E-state index in [4.69, 9.17) is 0 Å². The van der Waals surface area contributed by atoms with Crippen molar-refractivity contribution in [2.24, 2.45) is 0 Å². The molecule has 0 saturated carbocycles. The lowest BCUT2D eigenvalue weighted by molar-refractivity contribution is -0.274. The average Bonchev–Trinajstić information content (AvgIpc) is 3.03. The van der Waals surface area contributed by atoms with Crippen molar-refractivity contribution in [3.8, 4) is 11.6 Å². The number of aromatic hydroxyl groups is 1. The van der Waals surface area contributed by atoms with E-state index in [1.54, 1.807) is 22.9 Å². The van der Waals surface area contributed by atoms with Gasteiger partial charge in [-0.1, -0.05) is 24.3 Å². The van der Waals surface area contributed by atoms with Crippen LogP contribution in [-0.2, 0) is 19.4 Å². The number of pyridine rings is 1. The number of aromatic nitrogens is 2. The molecule has 0 unspecified atom stereocenters. The molecule has 0 fully saturated rings. The normalized spacial score (nSPS) is 11.7. The summed E-state index contributed by atoms with van der Waals surface area (Å²) in [7, 11) is 0. The number of hydrogen-bond acceptors (Lipinski definition) is 3. The Labute approximate surface area is 177 Å². The minimum atomic E-state index is -4.72. The summed E-state index contributed by atoms with van der Waals surface area (Å²) in [5.41, 5.74) is 3.90. The number of fused-ring (bicyclic) bond motifs is 1. The van der Waals surface area contributed by atoms with Crippen molar-refractivity contribution < 1.29 is 23.0 Å². The Morgan fingerprint density at radius 2 is 1.77 bits per heavy atom. The summed E-state index contributed by atoms with van der Waals surface area (Å²) in [5, 5.41) is 12.4. The summed E-state index contributed by atoms with van der Waals surface area (Å²) in [6.45, 7) is 2.29. The molecule has 0 aliphatic heterocycles. The quantitative estimate of drug-likeness (QED) is 0.425. The van der Waals surface area contributed by atoms with Gasteiger partial charge in [-0.25, -0.2) is 0 Å². The Kier molecular flexibility index (Phi) is 5.59. The fraction of sp³-hybridized carbons (Fsp3) is 0.208. The molecule has 4 rings (SSSR count). The fourth-order valence-corrected chi connectivity index (χ4v) is 3.75. The van der Waals surface area contributed by atoms with E-state index in [9.17, 15) is 18.3 Å². The van der Waals surface area contributed by atoms with Crippen molar-refractivity contribution in [3.63, 3.8) is 0 Å². The molecule has 2 aromatic carbocycles. The van der Waals surface area contributed by atoms with Gasteiger partial charge in [-0.05, 0) is 66.8 Å². The summed E-state index contributed by atoms with van der Waals surface area (Å²) in [5.74, 6) is -0.133. The lowest BCUT2D eigenvalue weighted by Gasteiger charge is -2.10. The molecule has 2 heterocycles. The van der Waals surface area contributed by atoms with Gasteiger partial charge >= 0.3 is 6.36 Å². The first kappa shape index (κ1) is 20.8. The summed E-state index contributed by atoms with van der Waals surface area (Å²) >= 11 is 0. The molecule has 0 spiro atoms. The van der Waals surface area contributed by atoms with Crippen molar-refractivity contribution in [2.45, 2.75) is 32.7 Å². The molecule has 1 N–H and O–H groups in total. The van der Waals surface area contributed by atoms with Crippen LogP contribution in [0.4, 0.5) is 13.2 Å². The van der Waals surface area contributed by atoms with Gasteiger partial charge in [0.1, 0.15) is 5.75 Å². The second-order valence-corrected chi connectivity index (χ2v) is 7.47. The molecule has 4 aromatic rings. The Hall–Kier alpha value is -3.48. The van der Waals surface area contributed by atoms with Crippen LogP contribution >= 0.6 is 0 Å². The van der Waals surface area contributed by atoms with Gasteiger partial charge < -0.3 is 14.4 Å². The van der Waals surface area contributed by atoms with Crippen molar-refractivity contribution in [1.29, 1.82) is 0 Å². The largest absolute Gasteiger partial charge is 0.573 e. The lowest BCUT2D eigenvalue weighted by Crippen LogP contribution is -2.17. The Balaban J connectivity index is 1.53. The predicted molar refractivity (Wildman–Crippen MR) is 112 cm³/mol.